The Morgan fingerprint density at radius 1 is 0.844 bits per heavy atom. The quantitative estimate of drug-likeness (QED) is 0.175. The van der Waals surface area contributed by atoms with Gasteiger partial charge in [0.2, 0.25) is 11.8 Å². The highest BCUT2D eigenvalue weighted by atomic mass is 35.5. The van der Waals surface area contributed by atoms with Crippen LogP contribution < -0.4 is 9.62 Å². The van der Waals surface area contributed by atoms with Crippen molar-refractivity contribution in [1.29, 1.82) is 0 Å². The zero-order valence-electron chi connectivity index (χ0n) is 26.1. The number of aryl methyl sites for hydroxylation is 2. The van der Waals surface area contributed by atoms with Crippen LogP contribution in [0.15, 0.2) is 108 Å². The third-order valence-electron chi connectivity index (χ3n) is 7.68. The Bertz CT molecular complexity index is 1690. The molecule has 0 saturated heterocycles. The largest absolute Gasteiger partial charge is 0.352 e. The number of amides is 2. The molecule has 0 heterocycles. The fraction of sp³-hybridized carbons (Fsp3) is 0.278. The van der Waals surface area contributed by atoms with Gasteiger partial charge < -0.3 is 10.2 Å². The van der Waals surface area contributed by atoms with Crippen molar-refractivity contribution >= 4 is 39.1 Å². The van der Waals surface area contributed by atoms with Gasteiger partial charge in [0.15, 0.2) is 0 Å². The van der Waals surface area contributed by atoms with Crippen LogP contribution in [0.5, 0.6) is 0 Å². The van der Waals surface area contributed by atoms with Gasteiger partial charge in [0, 0.05) is 24.0 Å². The van der Waals surface area contributed by atoms with Crippen molar-refractivity contribution in [3.8, 4) is 0 Å². The molecule has 0 saturated carbocycles. The van der Waals surface area contributed by atoms with Gasteiger partial charge in [0.25, 0.3) is 10.0 Å². The Morgan fingerprint density at radius 2 is 1.42 bits per heavy atom. The Labute approximate surface area is 271 Å². The van der Waals surface area contributed by atoms with Crippen LogP contribution in [0.3, 0.4) is 0 Å². The minimum Gasteiger partial charge on any atom is -0.352 e. The highest BCUT2D eigenvalue weighted by molar-refractivity contribution is 7.92. The van der Waals surface area contributed by atoms with Crippen molar-refractivity contribution in [3.05, 3.63) is 130 Å². The number of hydrogen-bond donors (Lipinski definition) is 1. The van der Waals surface area contributed by atoms with Gasteiger partial charge in [-0.05, 0) is 79.8 Å². The first-order valence-electron chi connectivity index (χ1n) is 15.0. The lowest BCUT2D eigenvalue weighted by Gasteiger charge is -2.34. The SMILES string of the molecule is CC[C@@H](C)NC(=O)[C@@H](Cc1ccccc1)N(Cc1ccccc1Cl)C(=O)CN(c1cc(C)cc(C)c1)S(=O)(=O)c1ccccc1. The molecule has 2 amide bonds. The van der Waals surface area contributed by atoms with Crippen LogP contribution in [-0.4, -0.2) is 43.8 Å². The minimum absolute atomic E-state index is 0.00992. The monoisotopic (exact) mass is 645 g/mol. The smallest absolute Gasteiger partial charge is 0.264 e. The molecule has 0 aliphatic carbocycles. The lowest BCUT2D eigenvalue weighted by Crippen LogP contribution is -2.54. The van der Waals surface area contributed by atoms with E-state index in [9.17, 15) is 18.0 Å². The maximum Gasteiger partial charge on any atom is 0.264 e. The van der Waals surface area contributed by atoms with E-state index < -0.39 is 28.5 Å². The molecule has 45 heavy (non-hydrogen) atoms. The standard InChI is InChI=1S/C36H40ClN3O4S/c1-5-28(4)38-36(42)34(23-29-14-8-6-9-15-29)39(24-30-16-12-13-19-33(30)37)35(41)25-40(31-21-26(2)20-27(3)22-31)45(43,44)32-17-10-7-11-18-32/h6-22,28,34H,5,23-25H2,1-4H3,(H,38,42)/t28-,34-/m1/s1. The van der Waals surface area contributed by atoms with Crippen LogP contribution in [0.25, 0.3) is 0 Å². The molecule has 0 spiro atoms. The van der Waals surface area contributed by atoms with Gasteiger partial charge in [-0.1, -0.05) is 91.3 Å². The number of hydrogen-bond acceptors (Lipinski definition) is 4. The third kappa shape index (κ3) is 8.74. The first kappa shape index (κ1) is 33.7. The van der Waals surface area contributed by atoms with Crippen LogP contribution in [0.2, 0.25) is 5.02 Å². The maximum absolute atomic E-state index is 14.6. The topological polar surface area (TPSA) is 86.8 Å². The van der Waals surface area contributed by atoms with Gasteiger partial charge in [-0.25, -0.2) is 8.42 Å². The second-order valence-electron chi connectivity index (χ2n) is 11.3. The number of nitrogens with one attached hydrogen (secondary N) is 1. The fourth-order valence-corrected chi connectivity index (χ4v) is 6.76. The summed E-state index contributed by atoms with van der Waals surface area (Å²) in [4.78, 5) is 30.0. The minimum atomic E-state index is -4.17. The third-order valence-corrected chi connectivity index (χ3v) is 9.83. The van der Waals surface area contributed by atoms with Crippen LogP contribution in [0.1, 0.15) is 42.5 Å². The molecule has 4 aromatic carbocycles. The summed E-state index contributed by atoms with van der Waals surface area (Å²) in [7, 11) is -4.17. The Balaban J connectivity index is 1.83. The van der Waals surface area contributed by atoms with Gasteiger partial charge in [-0.15, -0.1) is 0 Å². The Hall–Kier alpha value is -4.14. The molecule has 9 heteroatoms. The number of halogens is 1. The van der Waals surface area contributed by atoms with E-state index >= 15 is 0 Å². The molecule has 0 aliphatic heterocycles. The molecule has 0 fully saturated rings. The van der Waals surface area contributed by atoms with E-state index in [4.69, 9.17) is 11.6 Å². The zero-order valence-corrected chi connectivity index (χ0v) is 27.7. The predicted octanol–water partition coefficient (Wildman–Crippen LogP) is 6.71. The summed E-state index contributed by atoms with van der Waals surface area (Å²) < 4.78 is 29.5. The number of carbonyl (C=O) groups is 2. The van der Waals surface area contributed by atoms with Crippen molar-refractivity contribution in [2.45, 2.75) is 64.1 Å². The number of nitrogens with zero attached hydrogens (tertiary/aromatic N) is 2. The molecule has 0 aromatic heterocycles. The van der Waals surface area contributed by atoms with Crippen molar-refractivity contribution < 1.29 is 18.0 Å². The highest BCUT2D eigenvalue weighted by Crippen LogP contribution is 2.27. The molecule has 7 nitrogen and oxygen atoms in total. The first-order chi connectivity index (χ1) is 21.5. The first-order valence-corrected chi connectivity index (χ1v) is 16.8. The van der Waals surface area contributed by atoms with Crippen LogP contribution >= 0.6 is 11.6 Å². The van der Waals surface area contributed by atoms with Crippen LogP contribution in [0.4, 0.5) is 5.69 Å². The second kappa shape index (κ2) is 15.2. The summed E-state index contributed by atoms with van der Waals surface area (Å²) in [6, 6.07) is 29.0. The van der Waals surface area contributed by atoms with Gasteiger partial charge >= 0.3 is 0 Å². The van der Waals surface area contributed by atoms with E-state index in [1.165, 1.54) is 17.0 Å². The van der Waals surface area contributed by atoms with Crippen molar-refractivity contribution in [2.75, 3.05) is 10.8 Å². The summed E-state index contributed by atoms with van der Waals surface area (Å²) in [6.45, 7) is 7.13. The lowest BCUT2D eigenvalue weighted by molar-refractivity contribution is -0.140. The summed E-state index contributed by atoms with van der Waals surface area (Å²) in [6.07, 6.45) is 0.937. The molecule has 0 aliphatic rings. The number of anilines is 1. The molecule has 236 valence electrons. The summed E-state index contributed by atoms with van der Waals surface area (Å²) in [5.41, 5.74) is 3.58. The van der Waals surface area contributed by atoms with Crippen molar-refractivity contribution in [2.24, 2.45) is 0 Å². The van der Waals surface area contributed by atoms with Crippen molar-refractivity contribution in [1.82, 2.24) is 10.2 Å². The van der Waals surface area contributed by atoms with E-state index in [1.54, 1.807) is 48.5 Å². The molecule has 2 atom stereocenters. The van der Waals surface area contributed by atoms with E-state index in [0.717, 1.165) is 21.0 Å². The Kier molecular flexibility index (Phi) is 11.4. The normalized spacial score (nSPS) is 12.6. The second-order valence-corrected chi connectivity index (χ2v) is 13.6. The van der Waals surface area contributed by atoms with Crippen LogP contribution in [0, 0.1) is 13.8 Å². The number of rotatable bonds is 13. The molecular formula is C36H40ClN3O4S. The molecule has 1 N–H and O–H groups in total. The highest BCUT2D eigenvalue weighted by Gasteiger charge is 2.35. The molecule has 4 rings (SSSR count). The molecular weight excluding hydrogens is 606 g/mol. The molecule has 4 aromatic rings. The maximum atomic E-state index is 14.6. The van der Waals surface area contributed by atoms with Crippen LogP contribution in [-0.2, 0) is 32.6 Å². The average Bonchev–Trinajstić information content (AvgIpc) is 3.02. The van der Waals surface area contributed by atoms with Gasteiger partial charge in [0.1, 0.15) is 12.6 Å². The molecule has 0 bridgehead atoms. The fourth-order valence-electron chi connectivity index (χ4n) is 5.15. The molecule has 0 unspecified atom stereocenters. The summed E-state index contributed by atoms with van der Waals surface area (Å²) >= 11 is 6.57. The van der Waals surface area contributed by atoms with E-state index in [0.29, 0.717) is 22.7 Å². The van der Waals surface area contributed by atoms with E-state index in [2.05, 4.69) is 5.32 Å². The van der Waals surface area contributed by atoms with Gasteiger partial charge in [0.05, 0.1) is 10.6 Å². The number of sulfonamides is 1. The van der Waals surface area contributed by atoms with E-state index in [-0.39, 0.29) is 29.8 Å². The van der Waals surface area contributed by atoms with Gasteiger partial charge in [-0.2, -0.15) is 0 Å². The van der Waals surface area contributed by atoms with Gasteiger partial charge in [-0.3, -0.25) is 13.9 Å². The summed E-state index contributed by atoms with van der Waals surface area (Å²) in [5.74, 6) is -0.855. The zero-order chi connectivity index (χ0) is 32.6. The summed E-state index contributed by atoms with van der Waals surface area (Å²) in [5, 5.41) is 3.49. The lowest BCUT2D eigenvalue weighted by atomic mass is 10.0. The predicted molar refractivity (Wildman–Crippen MR) is 181 cm³/mol. The van der Waals surface area contributed by atoms with Crippen molar-refractivity contribution in [3.63, 3.8) is 0 Å². The van der Waals surface area contributed by atoms with E-state index in [1.807, 2.05) is 70.2 Å². The molecule has 0 radical (unpaired) electrons. The number of carbonyl (C=O) groups excluding carboxylic acids is 2. The average molecular weight is 646 g/mol. The Morgan fingerprint density at radius 3 is 2.02 bits per heavy atom. The number of benzene rings is 4.